The summed E-state index contributed by atoms with van der Waals surface area (Å²) in [6.07, 6.45) is 6.65. The van der Waals surface area contributed by atoms with E-state index in [2.05, 4.69) is 37.4 Å². The van der Waals surface area contributed by atoms with E-state index in [4.69, 9.17) is 0 Å². The number of aryl methyl sites for hydroxylation is 2. The SMILES string of the molecule is Cc1cnc(NCCCn2cccn2)c(Br)c1. The highest BCUT2D eigenvalue weighted by Gasteiger charge is 2.00. The Hall–Kier alpha value is -1.36. The third kappa shape index (κ3) is 3.56. The summed E-state index contributed by atoms with van der Waals surface area (Å²) < 4.78 is 2.94. The Bertz CT molecular complexity index is 467. The Morgan fingerprint density at radius 1 is 1.47 bits per heavy atom. The standard InChI is InChI=1S/C12H15BrN4/c1-10-8-11(13)12(15-9-10)14-4-2-6-17-7-3-5-16-17/h3,5,7-9H,2,4,6H2,1H3,(H,14,15). The molecule has 0 saturated heterocycles. The molecule has 0 aliphatic heterocycles. The summed E-state index contributed by atoms with van der Waals surface area (Å²) in [6.45, 7) is 3.83. The highest BCUT2D eigenvalue weighted by molar-refractivity contribution is 9.10. The van der Waals surface area contributed by atoms with Gasteiger partial charge in [-0.1, -0.05) is 0 Å². The van der Waals surface area contributed by atoms with Crippen LogP contribution in [0.25, 0.3) is 0 Å². The summed E-state index contributed by atoms with van der Waals surface area (Å²) in [5.74, 6) is 0.899. The van der Waals surface area contributed by atoms with Crippen LogP contribution in [0.5, 0.6) is 0 Å². The van der Waals surface area contributed by atoms with Gasteiger partial charge in [0.25, 0.3) is 0 Å². The predicted molar refractivity (Wildman–Crippen MR) is 72.0 cm³/mol. The largest absolute Gasteiger partial charge is 0.369 e. The van der Waals surface area contributed by atoms with Crippen molar-refractivity contribution in [3.63, 3.8) is 0 Å². The Morgan fingerprint density at radius 2 is 2.35 bits per heavy atom. The first-order chi connectivity index (χ1) is 8.25. The average Bonchev–Trinajstić information content (AvgIpc) is 2.79. The third-order valence-electron chi connectivity index (χ3n) is 2.39. The zero-order chi connectivity index (χ0) is 12.1. The Morgan fingerprint density at radius 3 is 3.06 bits per heavy atom. The van der Waals surface area contributed by atoms with Gasteiger partial charge in [-0.3, -0.25) is 4.68 Å². The zero-order valence-electron chi connectivity index (χ0n) is 9.73. The highest BCUT2D eigenvalue weighted by Crippen LogP contribution is 2.20. The van der Waals surface area contributed by atoms with Crippen LogP contribution in [0.1, 0.15) is 12.0 Å². The molecular formula is C12H15BrN4. The summed E-state index contributed by atoms with van der Waals surface area (Å²) in [7, 11) is 0. The maximum Gasteiger partial charge on any atom is 0.140 e. The molecule has 0 bridgehead atoms. The first-order valence-electron chi connectivity index (χ1n) is 5.59. The monoisotopic (exact) mass is 294 g/mol. The van der Waals surface area contributed by atoms with Crippen molar-refractivity contribution in [2.24, 2.45) is 0 Å². The highest BCUT2D eigenvalue weighted by atomic mass is 79.9. The second-order valence-electron chi connectivity index (χ2n) is 3.89. The van der Waals surface area contributed by atoms with E-state index in [1.807, 2.05) is 30.1 Å². The molecule has 0 spiro atoms. The molecule has 1 N–H and O–H groups in total. The molecule has 0 radical (unpaired) electrons. The van der Waals surface area contributed by atoms with E-state index in [1.54, 1.807) is 6.20 Å². The normalized spacial score (nSPS) is 10.5. The molecule has 0 aliphatic carbocycles. The molecule has 0 atom stereocenters. The van der Waals surface area contributed by atoms with Crippen LogP contribution in [0.15, 0.2) is 35.2 Å². The predicted octanol–water partition coefficient (Wildman–Crippen LogP) is 2.85. The zero-order valence-corrected chi connectivity index (χ0v) is 11.3. The van der Waals surface area contributed by atoms with Gasteiger partial charge in [0, 0.05) is 31.7 Å². The van der Waals surface area contributed by atoms with E-state index >= 15 is 0 Å². The van der Waals surface area contributed by atoms with Gasteiger partial charge in [-0.25, -0.2) is 4.98 Å². The van der Waals surface area contributed by atoms with Crippen molar-refractivity contribution in [3.8, 4) is 0 Å². The van der Waals surface area contributed by atoms with E-state index in [1.165, 1.54) is 0 Å². The van der Waals surface area contributed by atoms with Gasteiger partial charge in [0.1, 0.15) is 5.82 Å². The molecule has 4 nitrogen and oxygen atoms in total. The number of nitrogens with zero attached hydrogens (tertiary/aromatic N) is 3. The third-order valence-corrected chi connectivity index (χ3v) is 3.00. The van der Waals surface area contributed by atoms with Gasteiger partial charge in [0.15, 0.2) is 0 Å². The van der Waals surface area contributed by atoms with E-state index in [9.17, 15) is 0 Å². The van der Waals surface area contributed by atoms with Crippen molar-refractivity contribution < 1.29 is 0 Å². The smallest absolute Gasteiger partial charge is 0.140 e. The van der Waals surface area contributed by atoms with Crippen molar-refractivity contribution in [1.29, 1.82) is 0 Å². The summed E-state index contributed by atoms with van der Waals surface area (Å²) in [5, 5.41) is 7.46. The molecule has 2 heterocycles. The molecule has 0 aliphatic rings. The van der Waals surface area contributed by atoms with Crippen molar-refractivity contribution in [2.75, 3.05) is 11.9 Å². The van der Waals surface area contributed by atoms with Crippen LogP contribution < -0.4 is 5.32 Å². The van der Waals surface area contributed by atoms with E-state index < -0.39 is 0 Å². The Labute approximate surface area is 109 Å². The summed E-state index contributed by atoms with van der Waals surface area (Å²) in [6, 6.07) is 3.99. The van der Waals surface area contributed by atoms with Crippen LogP contribution in [0, 0.1) is 6.92 Å². The first-order valence-corrected chi connectivity index (χ1v) is 6.38. The fourth-order valence-electron chi connectivity index (χ4n) is 1.54. The lowest BCUT2D eigenvalue weighted by Crippen LogP contribution is -2.08. The van der Waals surface area contributed by atoms with Crippen LogP contribution >= 0.6 is 15.9 Å². The molecule has 0 saturated carbocycles. The first kappa shape index (κ1) is 12.1. The molecule has 2 aromatic heterocycles. The van der Waals surface area contributed by atoms with E-state index in [0.29, 0.717) is 0 Å². The molecule has 0 unspecified atom stereocenters. The lowest BCUT2D eigenvalue weighted by Gasteiger charge is -2.08. The molecule has 0 aromatic carbocycles. The van der Waals surface area contributed by atoms with Crippen LogP contribution in [0.4, 0.5) is 5.82 Å². The lowest BCUT2D eigenvalue weighted by molar-refractivity contribution is 0.591. The lowest BCUT2D eigenvalue weighted by atomic mass is 10.3. The minimum absolute atomic E-state index is 0.883. The number of hydrogen-bond donors (Lipinski definition) is 1. The van der Waals surface area contributed by atoms with Gasteiger partial charge < -0.3 is 5.32 Å². The fourth-order valence-corrected chi connectivity index (χ4v) is 2.15. The number of halogens is 1. The van der Waals surface area contributed by atoms with Gasteiger partial charge in [0.2, 0.25) is 0 Å². The van der Waals surface area contributed by atoms with Crippen LogP contribution in [-0.2, 0) is 6.54 Å². The van der Waals surface area contributed by atoms with Gasteiger partial charge >= 0.3 is 0 Å². The van der Waals surface area contributed by atoms with Crippen LogP contribution in [0.2, 0.25) is 0 Å². The van der Waals surface area contributed by atoms with Gasteiger partial charge in [-0.05, 0) is 47.0 Å². The number of aromatic nitrogens is 3. The van der Waals surface area contributed by atoms with Crippen molar-refractivity contribution in [1.82, 2.24) is 14.8 Å². The maximum atomic E-state index is 4.33. The molecule has 0 fully saturated rings. The summed E-state index contributed by atoms with van der Waals surface area (Å²) in [5.41, 5.74) is 1.15. The van der Waals surface area contributed by atoms with Crippen LogP contribution in [-0.4, -0.2) is 21.3 Å². The second-order valence-corrected chi connectivity index (χ2v) is 4.75. The Balaban J connectivity index is 1.78. The Kier molecular flexibility index (Phi) is 4.14. The maximum absolute atomic E-state index is 4.33. The van der Waals surface area contributed by atoms with Gasteiger partial charge in [0.05, 0.1) is 4.47 Å². The quantitative estimate of drug-likeness (QED) is 0.863. The fraction of sp³-hybridized carbons (Fsp3) is 0.333. The molecule has 90 valence electrons. The van der Waals surface area contributed by atoms with Gasteiger partial charge in [-0.15, -0.1) is 0 Å². The molecule has 2 rings (SSSR count). The molecule has 17 heavy (non-hydrogen) atoms. The molecule has 2 aromatic rings. The summed E-state index contributed by atoms with van der Waals surface area (Å²) in [4.78, 5) is 4.33. The summed E-state index contributed by atoms with van der Waals surface area (Å²) >= 11 is 3.50. The molecular weight excluding hydrogens is 280 g/mol. The minimum atomic E-state index is 0.883. The average molecular weight is 295 g/mol. The van der Waals surface area contributed by atoms with Gasteiger partial charge in [-0.2, -0.15) is 5.10 Å². The topological polar surface area (TPSA) is 42.7 Å². The van der Waals surface area contributed by atoms with Crippen molar-refractivity contribution in [2.45, 2.75) is 19.9 Å². The number of hydrogen-bond acceptors (Lipinski definition) is 3. The van der Waals surface area contributed by atoms with Crippen molar-refractivity contribution in [3.05, 3.63) is 40.8 Å². The molecule has 5 heteroatoms. The number of pyridine rings is 1. The molecule has 0 amide bonds. The van der Waals surface area contributed by atoms with E-state index in [0.717, 1.165) is 35.4 Å². The minimum Gasteiger partial charge on any atom is -0.369 e. The second kappa shape index (κ2) is 5.82. The van der Waals surface area contributed by atoms with E-state index in [-0.39, 0.29) is 0 Å². The number of anilines is 1. The van der Waals surface area contributed by atoms with Crippen LogP contribution in [0.3, 0.4) is 0 Å². The number of nitrogens with one attached hydrogen (secondary N) is 1. The van der Waals surface area contributed by atoms with Crippen molar-refractivity contribution >= 4 is 21.7 Å². The number of rotatable bonds is 5.